The van der Waals surface area contributed by atoms with Crippen molar-refractivity contribution in [1.29, 1.82) is 0 Å². The lowest BCUT2D eigenvalue weighted by molar-refractivity contribution is 0.0381. The van der Waals surface area contributed by atoms with E-state index in [0.717, 1.165) is 3.57 Å². The summed E-state index contributed by atoms with van der Waals surface area (Å²) in [5.74, 6) is -1.35. The molecule has 2 N–H and O–H groups in total. The van der Waals surface area contributed by atoms with Crippen molar-refractivity contribution in [1.82, 2.24) is 4.73 Å². The number of aromatic hydroxyl groups is 2. The summed E-state index contributed by atoms with van der Waals surface area (Å²) in [4.78, 5) is 16.5. The second-order valence-electron chi connectivity index (χ2n) is 3.23. The van der Waals surface area contributed by atoms with Crippen LogP contribution in [0.5, 0.6) is 11.8 Å². The Hall–Kier alpha value is -1.70. The van der Waals surface area contributed by atoms with Crippen LogP contribution in [-0.4, -0.2) is 20.9 Å². The van der Waals surface area contributed by atoms with Crippen LogP contribution in [0.4, 0.5) is 0 Å². The Kier molecular flexibility index (Phi) is 3.23. The van der Waals surface area contributed by atoms with E-state index in [1.807, 2.05) is 6.07 Å². The molecule has 5 nitrogen and oxygen atoms in total. The highest BCUT2D eigenvalue weighted by Crippen LogP contribution is 2.19. The molecular formula is C11H8INO4. The standard InChI is InChI=1S/C11H8INO4/c12-8-3-1-2-7(6-8)11(16)17-13-9(14)4-5-10(13)15/h1-6,14-15H/i12-2. The van der Waals surface area contributed by atoms with Gasteiger partial charge in [0.05, 0.1) is 5.56 Å². The average molecular weight is 343 g/mol. The Morgan fingerprint density at radius 2 is 1.82 bits per heavy atom. The molecule has 0 radical (unpaired) electrons. The second kappa shape index (κ2) is 4.66. The third-order valence-corrected chi connectivity index (χ3v) is 2.70. The Labute approximate surface area is 110 Å². The molecular weight excluding hydrogens is 335 g/mol. The summed E-state index contributed by atoms with van der Waals surface area (Å²) >= 11 is 2.07. The maximum absolute atomic E-state index is 11.7. The van der Waals surface area contributed by atoms with Crippen molar-refractivity contribution in [2.75, 3.05) is 0 Å². The Morgan fingerprint density at radius 1 is 1.18 bits per heavy atom. The van der Waals surface area contributed by atoms with E-state index < -0.39 is 5.97 Å². The van der Waals surface area contributed by atoms with Crippen molar-refractivity contribution in [3.8, 4) is 11.8 Å². The van der Waals surface area contributed by atoms with E-state index in [0.29, 0.717) is 10.3 Å². The SMILES string of the molecule is O=C(On1c(O)ccc1O)c1cccc([125I])c1. The molecule has 0 atom stereocenters. The van der Waals surface area contributed by atoms with Gasteiger partial charge in [-0.05, 0) is 40.8 Å². The van der Waals surface area contributed by atoms with Gasteiger partial charge in [-0.1, -0.05) is 6.07 Å². The highest BCUT2D eigenvalue weighted by atomic mass is 125. The van der Waals surface area contributed by atoms with Crippen LogP contribution < -0.4 is 4.84 Å². The topological polar surface area (TPSA) is 71.7 Å². The summed E-state index contributed by atoms with van der Waals surface area (Å²) in [6, 6.07) is 9.22. The molecule has 0 aliphatic rings. The quantitative estimate of drug-likeness (QED) is 0.816. The van der Waals surface area contributed by atoms with E-state index in [-0.39, 0.29) is 11.8 Å². The van der Waals surface area contributed by atoms with Crippen molar-refractivity contribution < 1.29 is 19.8 Å². The smallest absolute Gasteiger partial charge is 0.363 e. The van der Waals surface area contributed by atoms with Crippen LogP contribution in [-0.2, 0) is 0 Å². The van der Waals surface area contributed by atoms with Crippen LogP contribution in [0.2, 0.25) is 0 Å². The molecule has 88 valence electrons. The monoisotopic (exact) mass is 343 g/mol. The molecule has 2 aromatic rings. The van der Waals surface area contributed by atoms with Crippen LogP contribution in [0.25, 0.3) is 0 Å². The lowest BCUT2D eigenvalue weighted by Crippen LogP contribution is -2.19. The fourth-order valence-electron chi connectivity index (χ4n) is 1.25. The molecule has 0 aliphatic carbocycles. The van der Waals surface area contributed by atoms with Gasteiger partial charge >= 0.3 is 5.97 Å². The van der Waals surface area contributed by atoms with Crippen molar-refractivity contribution in [3.63, 3.8) is 0 Å². The molecule has 0 saturated heterocycles. The minimum atomic E-state index is -0.662. The maximum Gasteiger partial charge on any atom is 0.363 e. The van der Waals surface area contributed by atoms with E-state index in [4.69, 9.17) is 4.84 Å². The number of hydrogen-bond donors (Lipinski definition) is 2. The van der Waals surface area contributed by atoms with E-state index in [1.165, 1.54) is 12.1 Å². The molecule has 0 fully saturated rings. The molecule has 2 rings (SSSR count). The van der Waals surface area contributed by atoms with Gasteiger partial charge in [-0.2, -0.15) is 0 Å². The van der Waals surface area contributed by atoms with Gasteiger partial charge in [-0.3, -0.25) is 0 Å². The molecule has 0 bridgehead atoms. The van der Waals surface area contributed by atoms with Gasteiger partial charge in [-0.15, -0.1) is 4.73 Å². The van der Waals surface area contributed by atoms with Crippen molar-refractivity contribution in [2.45, 2.75) is 0 Å². The second-order valence-corrected chi connectivity index (χ2v) is 4.48. The molecule has 1 aromatic heterocycles. The zero-order valence-electron chi connectivity index (χ0n) is 8.50. The first-order chi connectivity index (χ1) is 8.08. The van der Waals surface area contributed by atoms with Crippen molar-refractivity contribution >= 4 is 28.6 Å². The van der Waals surface area contributed by atoms with Crippen LogP contribution in [0.1, 0.15) is 10.4 Å². The number of nitrogens with zero attached hydrogens (tertiary/aromatic N) is 1. The maximum atomic E-state index is 11.7. The van der Waals surface area contributed by atoms with Crippen LogP contribution >= 0.6 is 22.6 Å². The number of rotatable bonds is 2. The lowest BCUT2D eigenvalue weighted by Gasteiger charge is -2.06. The van der Waals surface area contributed by atoms with E-state index in [9.17, 15) is 15.0 Å². The Balaban J connectivity index is 2.23. The minimum absolute atomic E-state index is 0.337. The Bertz CT molecular complexity index is 545. The number of carbonyl (C=O) groups excluding carboxylic acids is 1. The van der Waals surface area contributed by atoms with E-state index >= 15 is 0 Å². The third-order valence-electron chi connectivity index (χ3n) is 2.03. The van der Waals surface area contributed by atoms with Crippen molar-refractivity contribution in [3.05, 3.63) is 45.5 Å². The molecule has 17 heavy (non-hydrogen) atoms. The number of halogens is 1. The number of benzene rings is 1. The first-order valence-corrected chi connectivity index (χ1v) is 5.74. The van der Waals surface area contributed by atoms with Gasteiger partial charge in [-0.25, -0.2) is 4.79 Å². The van der Waals surface area contributed by atoms with Gasteiger partial charge in [0, 0.05) is 15.7 Å². The molecule has 0 saturated carbocycles. The molecule has 0 aliphatic heterocycles. The van der Waals surface area contributed by atoms with Gasteiger partial charge in [0.25, 0.3) is 0 Å². The third kappa shape index (κ3) is 2.52. The number of carbonyl (C=O) groups is 1. The fraction of sp³-hybridized carbons (Fsp3) is 0. The molecule has 0 amide bonds. The highest BCUT2D eigenvalue weighted by molar-refractivity contribution is 14.1. The molecule has 1 heterocycles. The summed E-state index contributed by atoms with van der Waals surface area (Å²) in [5, 5.41) is 18.6. The molecule has 6 heteroatoms. The fourth-order valence-corrected chi connectivity index (χ4v) is 1.79. The summed E-state index contributed by atoms with van der Waals surface area (Å²) < 4.78 is 1.54. The summed E-state index contributed by atoms with van der Waals surface area (Å²) in [6.45, 7) is 0. The first-order valence-electron chi connectivity index (χ1n) is 4.66. The van der Waals surface area contributed by atoms with Crippen LogP contribution in [0.3, 0.4) is 0 Å². The van der Waals surface area contributed by atoms with E-state index in [2.05, 4.69) is 22.6 Å². The average Bonchev–Trinajstić information content (AvgIpc) is 2.61. The minimum Gasteiger partial charge on any atom is -0.492 e. The summed E-state index contributed by atoms with van der Waals surface area (Å²) in [5.41, 5.74) is 0.337. The van der Waals surface area contributed by atoms with Crippen LogP contribution in [0, 0.1) is 3.57 Å². The zero-order valence-corrected chi connectivity index (χ0v) is 10.7. The molecule has 0 unspecified atom stereocenters. The highest BCUT2D eigenvalue weighted by Gasteiger charge is 2.13. The van der Waals surface area contributed by atoms with Gasteiger partial charge < -0.3 is 15.1 Å². The van der Waals surface area contributed by atoms with Gasteiger partial charge in [0.2, 0.25) is 11.8 Å². The van der Waals surface area contributed by atoms with Gasteiger partial charge in [0.15, 0.2) is 0 Å². The first kappa shape index (κ1) is 11.8. The largest absolute Gasteiger partial charge is 0.492 e. The predicted octanol–water partition coefficient (Wildman–Crippen LogP) is 1.77. The van der Waals surface area contributed by atoms with Gasteiger partial charge in [0.1, 0.15) is 0 Å². The summed E-state index contributed by atoms with van der Waals surface area (Å²) in [7, 11) is 0. The summed E-state index contributed by atoms with van der Waals surface area (Å²) in [6.07, 6.45) is 0. The van der Waals surface area contributed by atoms with Crippen molar-refractivity contribution in [2.24, 2.45) is 0 Å². The Morgan fingerprint density at radius 3 is 2.41 bits per heavy atom. The van der Waals surface area contributed by atoms with Crippen LogP contribution in [0.15, 0.2) is 36.4 Å². The normalized spacial score (nSPS) is 10.2. The predicted molar refractivity (Wildman–Crippen MR) is 67.8 cm³/mol. The van der Waals surface area contributed by atoms with E-state index in [1.54, 1.807) is 18.2 Å². The number of aromatic nitrogens is 1. The molecule has 1 aromatic carbocycles. The zero-order chi connectivity index (χ0) is 12.4. The molecule has 0 spiro atoms. The lowest BCUT2D eigenvalue weighted by atomic mass is 10.2. The number of hydrogen-bond acceptors (Lipinski definition) is 4.